The van der Waals surface area contributed by atoms with Gasteiger partial charge in [0.2, 0.25) is 5.91 Å². The first kappa shape index (κ1) is 12.7. The van der Waals surface area contributed by atoms with Crippen LogP contribution in [0.5, 0.6) is 0 Å². The lowest BCUT2D eigenvalue weighted by atomic mass is 10.3. The SMILES string of the molecule is O=C(CNS(=O)(=O)NC1CC1)N1CCNCC1. The van der Waals surface area contributed by atoms with Crippen LogP contribution in [0, 0.1) is 0 Å². The number of piperazine rings is 1. The van der Waals surface area contributed by atoms with E-state index in [0.717, 1.165) is 25.9 Å². The summed E-state index contributed by atoms with van der Waals surface area (Å²) in [6.07, 6.45) is 1.76. The van der Waals surface area contributed by atoms with Crippen LogP contribution in [-0.2, 0) is 15.0 Å². The average molecular weight is 262 g/mol. The van der Waals surface area contributed by atoms with Crippen molar-refractivity contribution >= 4 is 16.1 Å². The molecule has 0 unspecified atom stereocenters. The van der Waals surface area contributed by atoms with E-state index in [9.17, 15) is 13.2 Å². The van der Waals surface area contributed by atoms with Gasteiger partial charge in [-0.25, -0.2) is 0 Å². The summed E-state index contributed by atoms with van der Waals surface area (Å²) in [6, 6.07) is 0.0572. The first-order chi connectivity index (χ1) is 8.07. The number of amides is 1. The second kappa shape index (κ2) is 5.30. The molecule has 0 radical (unpaired) electrons. The van der Waals surface area contributed by atoms with E-state index in [0.29, 0.717) is 13.1 Å². The van der Waals surface area contributed by atoms with E-state index in [4.69, 9.17) is 0 Å². The second-order valence-corrected chi connectivity index (χ2v) is 5.88. The van der Waals surface area contributed by atoms with Crippen molar-refractivity contribution in [3.8, 4) is 0 Å². The quantitative estimate of drug-likeness (QED) is 0.535. The van der Waals surface area contributed by atoms with Gasteiger partial charge in [0.25, 0.3) is 10.2 Å². The summed E-state index contributed by atoms with van der Waals surface area (Å²) < 4.78 is 27.7. The van der Waals surface area contributed by atoms with Gasteiger partial charge in [-0.2, -0.15) is 17.9 Å². The lowest BCUT2D eigenvalue weighted by Gasteiger charge is -2.27. The zero-order chi connectivity index (χ0) is 12.3. The highest BCUT2D eigenvalue weighted by Crippen LogP contribution is 2.19. The van der Waals surface area contributed by atoms with Gasteiger partial charge in [0.1, 0.15) is 0 Å². The van der Waals surface area contributed by atoms with E-state index in [-0.39, 0.29) is 18.5 Å². The third-order valence-electron chi connectivity index (χ3n) is 2.78. The Morgan fingerprint density at radius 2 is 1.94 bits per heavy atom. The van der Waals surface area contributed by atoms with E-state index in [1.54, 1.807) is 4.90 Å². The Kier molecular flexibility index (Phi) is 3.97. The normalized spacial score (nSPS) is 21.5. The van der Waals surface area contributed by atoms with Gasteiger partial charge >= 0.3 is 0 Å². The molecule has 1 saturated heterocycles. The zero-order valence-electron chi connectivity index (χ0n) is 9.61. The molecule has 8 heteroatoms. The Hall–Kier alpha value is -0.700. The largest absolute Gasteiger partial charge is 0.339 e. The fourth-order valence-electron chi connectivity index (χ4n) is 1.65. The van der Waals surface area contributed by atoms with Crippen molar-refractivity contribution in [1.29, 1.82) is 0 Å². The van der Waals surface area contributed by atoms with Gasteiger partial charge < -0.3 is 10.2 Å². The van der Waals surface area contributed by atoms with Gasteiger partial charge in [-0.1, -0.05) is 0 Å². The molecule has 0 bridgehead atoms. The molecule has 2 aliphatic rings. The van der Waals surface area contributed by atoms with Gasteiger partial charge in [0.05, 0.1) is 6.54 Å². The van der Waals surface area contributed by atoms with Gasteiger partial charge in [0, 0.05) is 32.2 Å². The fraction of sp³-hybridized carbons (Fsp3) is 0.889. The predicted octanol–water partition coefficient (Wildman–Crippen LogP) is -2.00. The van der Waals surface area contributed by atoms with Crippen molar-refractivity contribution in [2.45, 2.75) is 18.9 Å². The molecule has 0 aromatic heterocycles. The molecule has 2 rings (SSSR count). The summed E-state index contributed by atoms with van der Waals surface area (Å²) in [5, 5.41) is 3.13. The van der Waals surface area contributed by atoms with Gasteiger partial charge in [0.15, 0.2) is 0 Å². The maximum Gasteiger partial charge on any atom is 0.277 e. The molecule has 98 valence electrons. The Balaban J connectivity index is 1.74. The molecule has 0 atom stereocenters. The lowest BCUT2D eigenvalue weighted by Crippen LogP contribution is -2.50. The Morgan fingerprint density at radius 1 is 1.29 bits per heavy atom. The zero-order valence-corrected chi connectivity index (χ0v) is 10.4. The maximum absolute atomic E-state index is 11.7. The molecule has 7 nitrogen and oxygen atoms in total. The van der Waals surface area contributed by atoms with Crippen LogP contribution in [-0.4, -0.2) is 58.0 Å². The van der Waals surface area contributed by atoms with Crippen LogP contribution in [0.15, 0.2) is 0 Å². The number of carbonyl (C=O) groups excluding carboxylic acids is 1. The molecule has 17 heavy (non-hydrogen) atoms. The highest BCUT2D eigenvalue weighted by molar-refractivity contribution is 7.87. The highest BCUT2D eigenvalue weighted by atomic mass is 32.2. The van der Waals surface area contributed by atoms with Gasteiger partial charge in [-0.05, 0) is 12.8 Å². The van der Waals surface area contributed by atoms with Crippen molar-refractivity contribution < 1.29 is 13.2 Å². The van der Waals surface area contributed by atoms with Crippen LogP contribution in [0.2, 0.25) is 0 Å². The summed E-state index contributed by atoms with van der Waals surface area (Å²) >= 11 is 0. The molecular weight excluding hydrogens is 244 g/mol. The third-order valence-corrected chi connectivity index (χ3v) is 3.95. The van der Waals surface area contributed by atoms with E-state index in [2.05, 4.69) is 14.8 Å². The van der Waals surface area contributed by atoms with Crippen molar-refractivity contribution in [3.05, 3.63) is 0 Å². The highest BCUT2D eigenvalue weighted by Gasteiger charge is 2.27. The first-order valence-electron chi connectivity index (χ1n) is 5.82. The predicted molar refractivity (Wildman–Crippen MR) is 62.5 cm³/mol. The topological polar surface area (TPSA) is 90.5 Å². The maximum atomic E-state index is 11.7. The van der Waals surface area contributed by atoms with Crippen LogP contribution in [0.4, 0.5) is 0 Å². The van der Waals surface area contributed by atoms with Crippen LogP contribution < -0.4 is 14.8 Å². The Bertz CT molecular complexity index is 374. The van der Waals surface area contributed by atoms with Crippen molar-refractivity contribution in [3.63, 3.8) is 0 Å². The molecule has 1 aliphatic heterocycles. The standard InChI is InChI=1S/C9H18N4O3S/c14-9(13-5-3-10-4-6-13)7-11-17(15,16)12-8-1-2-8/h8,10-12H,1-7H2. The fourth-order valence-corrected chi connectivity index (χ4v) is 2.72. The number of rotatable bonds is 5. The van der Waals surface area contributed by atoms with E-state index < -0.39 is 10.2 Å². The molecule has 1 aliphatic carbocycles. The van der Waals surface area contributed by atoms with Crippen LogP contribution in [0.25, 0.3) is 0 Å². The number of nitrogens with zero attached hydrogens (tertiary/aromatic N) is 1. The molecule has 2 fully saturated rings. The van der Waals surface area contributed by atoms with Crippen LogP contribution in [0.3, 0.4) is 0 Å². The lowest BCUT2D eigenvalue weighted by molar-refractivity contribution is -0.130. The second-order valence-electron chi connectivity index (χ2n) is 4.35. The molecule has 3 N–H and O–H groups in total. The number of nitrogens with one attached hydrogen (secondary N) is 3. The summed E-state index contributed by atoms with van der Waals surface area (Å²) in [6.45, 7) is 2.63. The molecule has 0 spiro atoms. The van der Waals surface area contributed by atoms with Crippen LogP contribution in [0.1, 0.15) is 12.8 Å². The number of hydrogen-bond donors (Lipinski definition) is 3. The Morgan fingerprint density at radius 3 is 2.53 bits per heavy atom. The van der Waals surface area contributed by atoms with Crippen molar-refractivity contribution in [1.82, 2.24) is 19.7 Å². The minimum atomic E-state index is -3.52. The number of carbonyl (C=O) groups is 1. The van der Waals surface area contributed by atoms with Crippen molar-refractivity contribution in [2.24, 2.45) is 0 Å². The van der Waals surface area contributed by atoms with Crippen LogP contribution >= 0.6 is 0 Å². The minimum Gasteiger partial charge on any atom is -0.339 e. The summed E-state index contributed by atoms with van der Waals surface area (Å²) in [7, 11) is -3.52. The molecule has 1 heterocycles. The minimum absolute atomic E-state index is 0.0572. The summed E-state index contributed by atoms with van der Waals surface area (Å²) in [5.74, 6) is -0.173. The molecule has 1 saturated carbocycles. The first-order valence-corrected chi connectivity index (χ1v) is 7.30. The summed E-state index contributed by atoms with van der Waals surface area (Å²) in [4.78, 5) is 13.4. The smallest absolute Gasteiger partial charge is 0.277 e. The van der Waals surface area contributed by atoms with Crippen molar-refractivity contribution in [2.75, 3.05) is 32.7 Å². The molecule has 0 aromatic carbocycles. The number of hydrogen-bond acceptors (Lipinski definition) is 4. The van der Waals surface area contributed by atoms with E-state index in [1.807, 2.05) is 0 Å². The summed E-state index contributed by atoms with van der Waals surface area (Å²) in [5.41, 5.74) is 0. The van der Waals surface area contributed by atoms with Gasteiger partial charge in [-0.3, -0.25) is 4.79 Å². The Labute approximate surface area is 101 Å². The van der Waals surface area contributed by atoms with E-state index in [1.165, 1.54) is 0 Å². The monoisotopic (exact) mass is 262 g/mol. The average Bonchev–Trinajstić information content (AvgIpc) is 3.10. The molecule has 0 aromatic rings. The third kappa shape index (κ3) is 4.23. The molecular formula is C9H18N4O3S. The van der Waals surface area contributed by atoms with E-state index >= 15 is 0 Å². The van der Waals surface area contributed by atoms with Gasteiger partial charge in [-0.15, -0.1) is 0 Å². The molecule has 1 amide bonds.